The van der Waals surface area contributed by atoms with Gasteiger partial charge in [-0.05, 0) is 52.8 Å². The van der Waals surface area contributed by atoms with Crippen LogP contribution in [0.4, 0.5) is 0 Å². The Balaban J connectivity index is 2.36. The van der Waals surface area contributed by atoms with Crippen molar-refractivity contribution in [2.75, 3.05) is 6.54 Å². The molecule has 0 aliphatic carbocycles. The molecule has 3 heteroatoms. The van der Waals surface area contributed by atoms with E-state index in [1.165, 1.54) is 19.4 Å². The van der Waals surface area contributed by atoms with Crippen LogP contribution in [0.1, 0.15) is 11.3 Å². The molecule has 0 aliphatic rings. The molecule has 0 atom stereocenters. The average Bonchev–Trinajstić information content (AvgIpc) is 2.59. The lowest BCUT2D eigenvalue weighted by molar-refractivity contribution is 0.843. The molecule has 1 nitrogen and oxygen atoms in total. The second-order valence-corrected chi connectivity index (χ2v) is 5.25. The predicted molar refractivity (Wildman–Crippen MR) is 66.9 cm³/mol. The largest absolute Gasteiger partial charge is 0.330 e. The highest BCUT2D eigenvalue weighted by Gasteiger charge is 2.03. The number of benzene rings is 1. The minimum Gasteiger partial charge on any atom is -0.330 e. The summed E-state index contributed by atoms with van der Waals surface area (Å²) in [5.74, 6) is 0. The van der Waals surface area contributed by atoms with Crippen LogP contribution in [0.3, 0.4) is 0 Å². The Morgan fingerprint density at radius 1 is 1.36 bits per heavy atom. The van der Waals surface area contributed by atoms with Gasteiger partial charge in [-0.3, -0.25) is 0 Å². The zero-order valence-electron chi connectivity index (χ0n) is 7.79. The van der Waals surface area contributed by atoms with Crippen molar-refractivity contribution in [3.05, 3.63) is 33.6 Å². The van der Waals surface area contributed by atoms with E-state index in [1.807, 2.05) is 11.3 Å². The number of fused-ring (bicyclic) bond motifs is 1. The van der Waals surface area contributed by atoms with E-state index in [0.29, 0.717) is 0 Å². The SMILES string of the molecule is NCCCc1cc2cccc(Br)c2s1. The average molecular weight is 270 g/mol. The summed E-state index contributed by atoms with van der Waals surface area (Å²) >= 11 is 5.43. The van der Waals surface area contributed by atoms with Gasteiger partial charge in [0.1, 0.15) is 0 Å². The van der Waals surface area contributed by atoms with Gasteiger partial charge < -0.3 is 5.73 Å². The lowest BCUT2D eigenvalue weighted by atomic mass is 10.2. The van der Waals surface area contributed by atoms with E-state index < -0.39 is 0 Å². The van der Waals surface area contributed by atoms with Crippen molar-refractivity contribution in [2.24, 2.45) is 5.73 Å². The normalized spacial score (nSPS) is 11.0. The van der Waals surface area contributed by atoms with Gasteiger partial charge >= 0.3 is 0 Å². The maximum atomic E-state index is 5.50. The monoisotopic (exact) mass is 269 g/mol. The van der Waals surface area contributed by atoms with Crippen LogP contribution in [0.25, 0.3) is 10.1 Å². The second kappa shape index (κ2) is 4.43. The van der Waals surface area contributed by atoms with Gasteiger partial charge in [0, 0.05) is 14.0 Å². The van der Waals surface area contributed by atoms with E-state index >= 15 is 0 Å². The fraction of sp³-hybridized carbons (Fsp3) is 0.273. The van der Waals surface area contributed by atoms with Crippen LogP contribution in [0.2, 0.25) is 0 Å². The predicted octanol–water partition coefficient (Wildman–Crippen LogP) is 3.56. The molecule has 14 heavy (non-hydrogen) atoms. The topological polar surface area (TPSA) is 26.0 Å². The number of aryl methyl sites for hydroxylation is 1. The summed E-state index contributed by atoms with van der Waals surface area (Å²) in [5.41, 5.74) is 5.50. The molecule has 0 amide bonds. The highest BCUT2D eigenvalue weighted by molar-refractivity contribution is 9.10. The molecule has 0 unspecified atom stereocenters. The van der Waals surface area contributed by atoms with Crippen LogP contribution in [0.5, 0.6) is 0 Å². The van der Waals surface area contributed by atoms with Crippen molar-refractivity contribution in [1.29, 1.82) is 0 Å². The molecular weight excluding hydrogens is 258 g/mol. The molecule has 0 radical (unpaired) electrons. The van der Waals surface area contributed by atoms with Crippen molar-refractivity contribution in [1.82, 2.24) is 0 Å². The van der Waals surface area contributed by atoms with Crippen LogP contribution >= 0.6 is 27.3 Å². The third kappa shape index (κ3) is 2.00. The molecule has 2 rings (SSSR count). The van der Waals surface area contributed by atoms with E-state index in [4.69, 9.17) is 5.73 Å². The van der Waals surface area contributed by atoms with E-state index in [9.17, 15) is 0 Å². The third-order valence-corrected chi connectivity index (χ3v) is 4.34. The molecule has 0 bridgehead atoms. The fourth-order valence-electron chi connectivity index (χ4n) is 1.48. The number of thiophene rings is 1. The first-order valence-corrected chi connectivity index (χ1v) is 6.29. The summed E-state index contributed by atoms with van der Waals surface area (Å²) in [7, 11) is 0. The summed E-state index contributed by atoms with van der Waals surface area (Å²) in [6.07, 6.45) is 2.17. The quantitative estimate of drug-likeness (QED) is 0.906. The molecule has 0 aliphatic heterocycles. The Labute approximate surface area is 96.1 Å². The summed E-state index contributed by atoms with van der Waals surface area (Å²) in [5, 5.41) is 1.33. The van der Waals surface area contributed by atoms with Gasteiger partial charge in [0.2, 0.25) is 0 Å². The van der Waals surface area contributed by atoms with Gasteiger partial charge in [-0.15, -0.1) is 11.3 Å². The van der Waals surface area contributed by atoms with Crippen LogP contribution in [-0.2, 0) is 6.42 Å². The summed E-state index contributed by atoms with van der Waals surface area (Å²) in [6.45, 7) is 0.773. The standard InChI is InChI=1S/C11H12BrNS/c12-10-5-1-3-8-7-9(4-2-6-13)14-11(8)10/h1,3,5,7H,2,4,6,13H2. The molecule has 0 fully saturated rings. The maximum absolute atomic E-state index is 5.50. The minimum absolute atomic E-state index is 0.773. The smallest absolute Gasteiger partial charge is 0.0487 e. The number of rotatable bonds is 3. The number of halogens is 1. The summed E-state index contributed by atoms with van der Waals surface area (Å²) in [6, 6.07) is 8.58. The second-order valence-electron chi connectivity index (χ2n) is 3.26. The van der Waals surface area contributed by atoms with Crippen molar-refractivity contribution in [3.8, 4) is 0 Å². The molecule has 0 spiro atoms. The Kier molecular flexibility index (Phi) is 3.21. The molecule has 2 N–H and O–H groups in total. The molecular formula is C11H12BrNS. The lowest BCUT2D eigenvalue weighted by Gasteiger charge is -1.91. The zero-order chi connectivity index (χ0) is 9.97. The third-order valence-electron chi connectivity index (χ3n) is 2.17. The highest BCUT2D eigenvalue weighted by Crippen LogP contribution is 2.32. The molecule has 0 saturated heterocycles. The Hall–Kier alpha value is -0.380. The van der Waals surface area contributed by atoms with Gasteiger partial charge in [-0.25, -0.2) is 0 Å². The first-order valence-electron chi connectivity index (χ1n) is 4.68. The van der Waals surface area contributed by atoms with Gasteiger partial charge in [0.05, 0.1) is 0 Å². The van der Waals surface area contributed by atoms with Gasteiger partial charge in [-0.1, -0.05) is 12.1 Å². The molecule has 1 aromatic carbocycles. The van der Waals surface area contributed by atoms with Crippen molar-refractivity contribution < 1.29 is 0 Å². The van der Waals surface area contributed by atoms with E-state index in [0.717, 1.165) is 19.4 Å². The first kappa shape index (κ1) is 10.1. The first-order chi connectivity index (χ1) is 6.81. The maximum Gasteiger partial charge on any atom is 0.0487 e. The lowest BCUT2D eigenvalue weighted by Crippen LogP contribution is -1.99. The van der Waals surface area contributed by atoms with E-state index in [-0.39, 0.29) is 0 Å². The Morgan fingerprint density at radius 2 is 2.21 bits per heavy atom. The van der Waals surface area contributed by atoms with Crippen LogP contribution in [-0.4, -0.2) is 6.54 Å². The highest BCUT2D eigenvalue weighted by atomic mass is 79.9. The zero-order valence-corrected chi connectivity index (χ0v) is 10.2. The number of nitrogens with two attached hydrogens (primary N) is 1. The summed E-state index contributed by atoms with van der Waals surface area (Å²) < 4.78 is 2.54. The Morgan fingerprint density at radius 3 is 2.93 bits per heavy atom. The molecule has 74 valence electrons. The van der Waals surface area contributed by atoms with Crippen molar-refractivity contribution >= 4 is 37.4 Å². The molecule has 1 heterocycles. The van der Waals surface area contributed by atoms with Crippen molar-refractivity contribution in [2.45, 2.75) is 12.8 Å². The summed E-state index contributed by atoms with van der Waals surface area (Å²) in [4.78, 5) is 1.43. The molecule has 2 aromatic rings. The van der Waals surface area contributed by atoms with Crippen LogP contribution in [0, 0.1) is 0 Å². The molecule has 1 aromatic heterocycles. The van der Waals surface area contributed by atoms with Crippen molar-refractivity contribution in [3.63, 3.8) is 0 Å². The Bertz CT molecular complexity index is 436. The minimum atomic E-state index is 0.773. The number of hydrogen-bond donors (Lipinski definition) is 1. The van der Waals surface area contributed by atoms with Crippen LogP contribution in [0.15, 0.2) is 28.7 Å². The fourth-order valence-corrected chi connectivity index (χ4v) is 3.21. The van der Waals surface area contributed by atoms with E-state index in [1.54, 1.807) is 0 Å². The van der Waals surface area contributed by atoms with Crippen LogP contribution < -0.4 is 5.73 Å². The molecule has 0 saturated carbocycles. The van der Waals surface area contributed by atoms with Gasteiger partial charge in [0.25, 0.3) is 0 Å². The van der Waals surface area contributed by atoms with Gasteiger partial charge in [0.15, 0.2) is 0 Å². The van der Waals surface area contributed by atoms with Gasteiger partial charge in [-0.2, -0.15) is 0 Å². The van der Waals surface area contributed by atoms with E-state index in [2.05, 4.69) is 40.2 Å². The number of hydrogen-bond acceptors (Lipinski definition) is 2.